The molecule has 0 saturated heterocycles. The standard InChI is InChI=1S/C91H60N2S2/c1-3-21-58(22-4-1)83-51-53-85(94-83)86-54-52-84(95-86)59-41-43-60(44-42-59)87-69-29-7-8-30-70(69)88(71-49-47-62(55-72(71)87)57-39-45-61(46-40-57)89-92-81-37-19-20-38-82(81)93(89)64-23-5-2-6-24-64)63-48-50-79-80(56-63)91(75-33-15-11-27-67(75)68-28-12-16-34-76(68)91)78-36-18-17-35-77(78)90(79)73-31-13-9-25-65(73)66-26-10-14-32-74(66)90/h1-9,11-13,15,17-33,35-56H,10,14,16,34H2. The summed E-state index contributed by atoms with van der Waals surface area (Å²) in [4.78, 5) is 10.4. The molecule has 0 aliphatic heterocycles. The van der Waals surface area contributed by atoms with E-state index in [9.17, 15) is 0 Å². The minimum absolute atomic E-state index is 0.513. The van der Waals surface area contributed by atoms with Gasteiger partial charge in [0.25, 0.3) is 0 Å². The normalized spacial score (nSPS) is 17.2. The van der Waals surface area contributed by atoms with Crippen LogP contribution in [0, 0.1) is 0 Å². The van der Waals surface area contributed by atoms with Gasteiger partial charge in [0.05, 0.1) is 21.9 Å². The molecule has 3 aromatic heterocycles. The third kappa shape index (κ3) is 7.93. The number of thiophene rings is 2. The van der Waals surface area contributed by atoms with E-state index in [0.717, 1.165) is 64.9 Å². The lowest BCUT2D eigenvalue weighted by molar-refractivity contribution is 0.604. The Bertz CT molecular complexity index is 5830. The van der Waals surface area contributed by atoms with Crippen LogP contribution in [0.5, 0.6) is 0 Å². The van der Waals surface area contributed by atoms with Crippen molar-refractivity contribution in [2.75, 3.05) is 0 Å². The second kappa shape index (κ2) is 21.3. The molecule has 0 N–H and O–H groups in total. The molecular weight excluding hydrogens is 1190 g/mol. The smallest absolute Gasteiger partial charge is 0.145 e. The van der Waals surface area contributed by atoms with Crippen LogP contribution in [0.1, 0.15) is 70.2 Å². The van der Waals surface area contributed by atoms with E-state index in [1.54, 1.807) is 0 Å². The number of benzene rings is 12. The van der Waals surface area contributed by atoms with Gasteiger partial charge in [-0.2, -0.15) is 0 Å². The molecule has 5 aliphatic carbocycles. The highest BCUT2D eigenvalue weighted by atomic mass is 32.1. The van der Waals surface area contributed by atoms with Gasteiger partial charge in [-0.1, -0.05) is 255 Å². The zero-order valence-corrected chi connectivity index (χ0v) is 53.7. The zero-order chi connectivity index (χ0) is 62.3. The van der Waals surface area contributed by atoms with Crippen LogP contribution in [0.2, 0.25) is 0 Å². The first kappa shape index (κ1) is 54.5. The SMILES string of the molecule is C1=CC2=C(CC1)C1(c3ccccc32)c2ccccc2C2(C3=CCCC=C3c3ccccc32)c2ccc(-c3c4ccccc4c(-c4ccc(-c5ccc(-c6ccc(-c7ccccc7)s6)s5)cc4)c4cc(-c5ccc(-c6nc7ccccc7n6-c6ccccc6)cc5)ccc34)cc21. The van der Waals surface area contributed by atoms with Gasteiger partial charge in [0.15, 0.2) is 0 Å². The van der Waals surface area contributed by atoms with E-state index < -0.39 is 10.8 Å². The number of nitrogens with zero attached hydrogens (tertiary/aromatic N) is 2. The third-order valence-electron chi connectivity index (χ3n) is 21.3. The summed E-state index contributed by atoms with van der Waals surface area (Å²) in [6.45, 7) is 0. The van der Waals surface area contributed by atoms with E-state index in [-0.39, 0.29) is 0 Å². The molecule has 446 valence electrons. The summed E-state index contributed by atoms with van der Waals surface area (Å²) in [5.74, 6) is 0.922. The fourth-order valence-electron chi connectivity index (χ4n) is 17.5. The van der Waals surface area contributed by atoms with E-state index in [2.05, 4.69) is 320 Å². The van der Waals surface area contributed by atoms with Crippen LogP contribution in [0.15, 0.2) is 327 Å². The van der Waals surface area contributed by atoms with Gasteiger partial charge < -0.3 is 0 Å². The van der Waals surface area contributed by atoms with Crippen LogP contribution in [0.3, 0.4) is 0 Å². The zero-order valence-electron chi connectivity index (χ0n) is 52.1. The Morgan fingerprint density at radius 3 is 1.64 bits per heavy atom. The van der Waals surface area contributed by atoms with Gasteiger partial charge in [-0.05, 0) is 219 Å². The number of para-hydroxylation sites is 3. The van der Waals surface area contributed by atoms with Crippen LogP contribution in [0.25, 0.3) is 125 Å². The molecular formula is C91H60N2S2. The van der Waals surface area contributed by atoms with Crippen LogP contribution < -0.4 is 0 Å². The minimum Gasteiger partial charge on any atom is -0.292 e. The third-order valence-corrected chi connectivity index (χ3v) is 23.8. The Hall–Kier alpha value is -11.0. The maximum Gasteiger partial charge on any atom is 0.145 e. The number of imidazole rings is 1. The van der Waals surface area contributed by atoms with Crippen molar-refractivity contribution in [3.05, 3.63) is 371 Å². The molecule has 20 rings (SSSR count). The highest BCUT2D eigenvalue weighted by molar-refractivity contribution is 7.25. The molecule has 95 heavy (non-hydrogen) atoms. The molecule has 2 spiro atoms. The molecule has 0 amide bonds. The van der Waals surface area contributed by atoms with Gasteiger partial charge in [-0.25, -0.2) is 4.98 Å². The summed E-state index contributed by atoms with van der Waals surface area (Å²) in [6.07, 6.45) is 14.1. The summed E-state index contributed by atoms with van der Waals surface area (Å²) in [7, 11) is 0. The minimum atomic E-state index is -0.531. The maximum atomic E-state index is 5.26. The first-order valence-corrected chi connectivity index (χ1v) is 35.0. The summed E-state index contributed by atoms with van der Waals surface area (Å²) < 4.78 is 2.29. The van der Waals surface area contributed by atoms with Crippen molar-refractivity contribution in [1.29, 1.82) is 0 Å². The molecule has 2 nitrogen and oxygen atoms in total. The molecule has 0 radical (unpaired) electrons. The van der Waals surface area contributed by atoms with Gasteiger partial charge in [0.2, 0.25) is 0 Å². The Morgan fingerprint density at radius 1 is 0.347 bits per heavy atom. The fraction of sp³-hybridized carbons (Fsp3) is 0.0659. The monoisotopic (exact) mass is 1240 g/mol. The van der Waals surface area contributed by atoms with Crippen LogP contribution in [0.4, 0.5) is 0 Å². The van der Waals surface area contributed by atoms with Gasteiger partial charge in [0, 0.05) is 30.8 Å². The molecule has 2 atom stereocenters. The van der Waals surface area contributed by atoms with Crippen molar-refractivity contribution in [3.63, 3.8) is 0 Å². The largest absolute Gasteiger partial charge is 0.292 e. The van der Waals surface area contributed by atoms with Gasteiger partial charge in [0.1, 0.15) is 5.82 Å². The molecule has 15 aromatic rings. The number of hydrogen-bond acceptors (Lipinski definition) is 3. The summed E-state index contributed by atoms with van der Waals surface area (Å²) in [5, 5.41) is 4.92. The van der Waals surface area contributed by atoms with Gasteiger partial charge in [-0.3, -0.25) is 4.57 Å². The maximum absolute atomic E-state index is 5.26. The Kier molecular flexibility index (Phi) is 12.2. The molecule has 0 bridgehead atoms. The summed E-state index contributed by atoms with van der Waals surface area (Å²) >= 11 is 3.73. The second-order valence-corrected chi connectivity index (χ2v) is 28.2. The van der Waals surface area contributed by atoms with Crippen LogP contribution in [-0.2, 0) is 10.8 Å². The topological polar surface area (TPSA) is 17.8 Å². The van der Waals surface area contributed by atoms with E-state index >= 15 is 0 Å². The molecule has 2 unspecified atom stereocenters. The van der Waals surface area contributed by atoms with Crippen molar-refractivity contribution in [1.82, 2.24) is 9.55 Å². The number of hydrogen-bond donors (Lipinski definition) is 0. The Labute approximate surface area is 560 Å². The quantitative estimate of drug-likeness (QED) is 0.139. The van der Waals surface area contributed by atoms with E-state index in [1.807, 2.05) is 22.7 Å². The predicted molar refractivity (Wildman–Crippen MR) is 400 cm³/mol. The lowest BCUT2D eigenvalue weighted by Crippen LogP contribution is -2.44. The van der Waals surface area contributed by atoms with Crippen LogP contribution in [-0.4, -0.2) is 9.55 Å². The average Bonchev–Trinajstić information content (AvgIpc) is 1.55. The lowest BCUT2D eigenvalue weighted by Gasteiger charge is -2.50. The number of rotatable bonds is 8. The summed E-state index contributed by atoms with van der Waals surface area (Å²) in [6, 6.07) is 110. The van der Waals surface area contributed by atoms with Gasteiger partial charge >= 0.3 is 0 Å². The Balaban J connectivity index is 0.804. The molecule has 12 aromatic carbocycles. The Morgan fingerprint density at radius 2 is 0.884 bits per heavy atom. The van der Waals surface area contributed by atoms with Crippen molar-refractivity contribution in [2.45, 2.75) is 36.5 Å². The van der Waals surface area contributed by atoms with Crippen molar-refractivity contribution < 1.29 is 0 Å². The number of allylic oxidation sites excluding steroid dienone is 8. The van der Waals surface area contributed by atoms with Crippen molar-refractivity contribution in [2.24, 2.45) is 0 Å². The average molecular weight is 1250 g/mol. The molecule has 4 heteroatoms. The van der Waals surface area contributed by atoms with E-state index in [0.29, 0.717) is 0 Å². The molecule has 0 saturated carbocycles. The summed E-state index contributed by atoms with van der Waals surface area (Å²) in [5.41, 5.74) is 29.7. The molecule has 0 fully saturated rings. The van der Waals surface area contributed by atoms with E-state index in [4.69, 9.17) is 4.98 Å². The molecule has 5 aliphatic rings. The van der Waals surface area contributed by atoms with E-state index in [1.165, 1.54) is 141 Å². The fourth-order valence-corrected chi connectivity index (χ4v) is 19.6. The predicted octanol–water partition coefficient (Wildman–Crippen LogP) is 24.3. The number of aromatic nitrogens is 2. The van der Waals surface area contributed by atoms with Crippen LogP contribution >= 0.6 is 22.7 Å². The molecule has 3 heterocycles. The second-order valence-electron chi connectivity index (χ2n) is 26.0. The highest BCUT2D eigenvalue weighted by Crippen LogP contribution is 2.69. The first-order valence-electron chi connectivity index (χ1n) is 33.4. The van der Waals surface area contributed by atoms with Gasteiger partial charge in [-0.15, -0.1) is 22.7 Å². The lowest BCUT2D eigenvalue weighted by atomic mass is 9.51. The van der Waals surface area contributed by atoms with Crippen molar-refractivity contribution in [3.8, 4) is 81.1 Å². The number of fused-ring (bicyclic) bond motifs is 18. The van der Waals surface area contributed by atoms with Crippen molar-refractivity contribution >= 4 is 66.4 Å². The first-order chi connectivity index (χ1) is 47.1. The highest BCUT2D eigenvalue weighted by Gasteiger charge is 2.60.